The second-order valence-corrected chi connectivity index (χ2v) is 12.6. The first-order chi connectivity index (χ1) is 20.8. The van der Waals surface area contributed by atoms with Gasteiger partial charge in [0.2, 0.25) is 5.91 Å². The van der Waals surface area contributed by atoms with Gasteiger partial charge in [0.15, 0.2) is 0 Å². The van der Waals surface area contributed by atoms with Gasteiger partial charge in [0.25, 0.3) is 5.91 Å². The largest absolute Gasteiger partial charge is 0.382 e. The highest BCUT2D eigenvalue weighted by atomic mass is 19.1. The third-order valence-electron chi connectivity index (χ3n) is 9.82. The molecule has 0 aromatic heterocycles. The Morgan fingerprint density at radius 2 is 1.65 bits per heavy atom. The molecule has 3 fully saturated rings. The van der Waals surface area contributed by atoms with E-state index in [1.165, 1.54) is 18.9 Å². The van der Waals surface area contributed by atoms with Gasteiger partial charge in [-0.2, -0.15) is 5.26 Å². The molecule has 0 bridgehead atoms. The summed E-state index contributed by atoms with van der Waals surface area (Å²) in [7, 11) is 0. The summed E-state index contributed by atoms with van der Waals surface area (Å²) >= 11 is 0. The summed E-state index contributed by atoms with van der Waals surface area (Å²) in [5.41, 5.74) is 4.46. The van der Waals surface area contributed by atoms with Gasteiger partial charge in [0, 0.05) is 23.5 Å². The van der Waals surface area contributed by atoms with Gasteiger partial charge >= 0.3 is 0 Å². The van der Waals surface area contributed by atoms with E-state index in [2.05, 4.69) is 16.7 Å². The summed E-state index contributed by atoms with van der Waals surface area (Å²) in [6, 6.07) is 20.2. The van der Waals surface area contributed by atoms with Crippen LogP contribution in [-0.2, 0) is 4.79 Å². The fourth-order valence-electron chi connectivity index (χ4n) is 7.60. The lowest BCUT2D eigenvalue weighted by molar-refractivity contribution is -0.125. The van der Waals surface area contributed by atoms with E-state index < -0.39 is 17.8 Å². The minimum atomic E-state index is -0.563. The smallest absolute Gasteiger partial charge is 0.257 e. The third-order valence-corrected chi connectivity index (χ3v) is 9.82. The Labute approximate surface area is 253 Å². The minimum absolute atomic E-state index is 0.0681. The minimum Gasteiger partial charge on any atom is -0.382 e. The van der Waals surface area contributed by atoms with E-state index in [-0.39, 0.29) is 29.3 Å². The number of carbonyl (C=O) groups is 2. The molecule has 3 aliphatic rings. The lowest BCUT2D eigenvalue weighted by Gasteiger charge is -2.48. The molecule has 2 N–H and O–H groups in total. The second kappa shape index (κ2) is 12.2. The molecule has 4 atom stereocenters. The highest BCUT2D eigenvalue weighted by molar-refractivity contribution is 5.98. The number of benzene rings is 3. The summed E-state index contributed by atoms with van der Waals surface area (Å²) in [6.07, 6.45) is 8.15. The zero-order chi connectivity index (χ0) is 30.1. The van der Waals surface area contributed by atoms with Crippen molar-refractivity contribution in [2.45, 2.75) is 83.3 Å². The maximum atomic E-state index is 15.3. The van der Waals surface area contributed by atoms with Crippen LogP contribution < -0.4 is 10.6 Å². The Morgan fingerprint density at radius 3 is 2.37 bits per heavy atom. The predicted molar refractivity (Wildman–Crippen MR) is 166 cm³/mol. The number of fused-ring (bicyclic) bond motifs is 1. The quantitative estimate of drug-likeness (QED) is 0.314. The van der Waals surface area contributed by atoms with Gasteiger partial charge in [0.1, 0.15) is 5.82 Å². The zero-order valence-corrected chi connectivity index (χ0v) is 24.9. The van der Waals surface area contributed by atoms with Crippen molar-refractivity contribution in [2.24, 2.45) is 11.8 Å². The van der Waals surface area contributed by atoms with Crippen LogP contribution in [-0.4, -0.2) is 28.8 Å². The maximum Gasteiger partial charge on any atom is 0.257 e. The lowest BCUT2D eigenvalue weighted by atomic mass is 9.76. The Morgan fingerprint density at radius 1 is 0.907 bits per heavy atom. The van der Waals surface area contributed by atoms with Gasteiger partial charge in [-0.3, -0.25) is 9.59 Å². The van der Waals surface area contributed by atoms with E-state index in [1.54, 1.807) is 31.2 Å². The number of hydrogen-bond acceptors (Lipinski definition) is 4. The molecule has 0 unspecified atom stereocenters. The van der Waals surface area contributed by atoms with Crippen LogP contribution in [0.15, 0.2) is 60.7 Å². The Bertz CT molecular complexity index is 1540. The van der Waals surface area contributed by atoms with E-state index >= 15 is 4.39 Å². The molecule has 0 radical (unpaired) electrons. The molecule has 3 aromatic rings. The van der Waals surface area contributed by atoms with Crippen LogP contribution in [0.1, 0.15) is 90.0 Å². The van der Waals surface area contributed by atoms with Crippen molar-refractivity contribution in [1.82, 2.24) is 4.90 Å². The van der Waals surface area contributed by atoms with Crippen molar-refractivity contribution in [3.05, 3.63) is 94.3 Å². The van der Waals surface area contributed by atoms with Crippen LogP contribution in [0.4, 0.5) is 15.8 Å². The van der Waals surface area contributed by atoms with E-state index in [9.17, 15) is 14.9 Å². The van der Waals surface area contributed by atoms with Crippen molar-refractivity contribution >= 4 is 23.2 Å². The number of nitrogens with zero attached hydrogens (tertiary/aromatic N) is 2. The first kappa shape index (κ1) is 28.9. The maximum absolute atomic E-state index is 15.3. The van der Waals surface area contributed by atoms with E-state index in [1.807, 2.05) is 42.2 Å². The predicted octanol–water partition coefficient (Wildman–Crippen LogP) is 7.68. The number of likely N-dealkylation sites (tertiary alicyclic amines) is 1. The third kappa shape index (κ3) is 5.76. The Kier molecular flexibility index (Phi) is 8.21. The molecule has 0 spiro atoms. The highest BCUT2D eigenvalue weighted by Gasteiger charge is 2.50. The Hall–Kier alpha value is -4.18. The molecule has 6 nitrogen and oxygen atoms in total. The SMILES string of the molecule is Cc1ccc(NC(=O)[C@H]2C[C@H]3CCC[C@H]3N(C(=O)c3c(C)cccc3F)[C@H]2c2ccc(NC3CCCC3)cc2)cc1C#N. The number of hydrogen-bond donors (Lipinski definition) is 2. The number of rotatable bonds is 6. The van der Waals surface area contributed by atoms with Crippen LogP contribution in [0.5, 0.6) is 0 Å². The highest BCUT2D eigenvalue weighted by Crippen LogP contribution is 2.49. The number of anilines is 2. The van der Waals surface area contributed by atoms with Crippen LogP contribution >= 0.6 is 0 Å². The number of piperidine rings is 1. The Balaban J connectivity index is 1.40. The summed E-state index contributed by atoms with van der Waals surface area (Å²) in [5.74, 6) is -1.48. The van der Waals surface area contributed by atoms with Gasteiger partial charge in [0.05, 0.1) is 29.2 Å². The summed E-state index contributed by atoms with van der Waals surface area (Å²) in [4.78, 5) is 30.4. The molecule has 1 heterocycles. The zero-order valence-electron chi connectivity index (χ0n) is 24.9. The van der Waals surface area contributed by atoms with Crippen LogP contribution in [0.25, 0.3) is 0 Å². The standard InChI is InChI=1S/C36H39FN4O2/c1-22-13-16-29(19-26(22)21-38)40-35(42)30-20-25-8-6-12-32(25)41(36(43)33-23(2)7-5-11-31(33)37)34(30)24-14-17-28(18-15-24)39-27-9-3-4-10-27/h5,7,11,13-19,25,27,30,32,34,39H,3-4,6,8-10,12,20H2,1-2H3,(H,40,42)/t25-,30+,32-,34+/m1/s1. The average molecular weight is 579 g/mol. The van der Waals surface area contributed by atoms with Crippen LogP contribution in [0.2, 0.25) is 0 Å². The molecule has 1 saturated heterocycles. The normalized spacial score (nSPS) is 23.4. The van der Waals surface area contributed by atoms with Gasteiger partial charge in [-0.25, -0.2) is 4.39 Å². The van der Waals surface area contributed by atoms with Gasteiger partial charge < -0.3 is 15.5 Å². The molecule has 2 amide bonds. The fraction of sp³-hybridized carbons (Fsp3) is 0.417. The molecular formula is C36H39FN4O2. The van der Waals surface area contributed by atoms with Crippen molar-refractivity contribution < 1.29 is 14.0 Å². The molecule has 6 rings (SSSR count). The van der Waals surface area contributed by atoms with E-state index in [0.717, 1.165) is 48.9 Å². The summed E-state index contributed by atoms with van der Waals surface area (Å²) < 4.78 is 15.3. The van der Waals surface area contributed by atoms with Crippen LogP contribution in [0.3, 0.4) is 0 Å². The fourth-order valence-corrected chi connectivity index (χ4v) is 7.60. The molecular weight excluding hydrogens is 539 g/mol. The molecule has 7 heteroatoms. The van der Waals surface area contributed by atoms with Crippen LogP contribution in [0, 0.1) is 42.8 Å². The summed E-state index contributed by atoms with van der Waals surface area (Å²) in [5, 5.41) is 16.2. The van der Waals surface area contributed by atoms with Crippen molar-refractivity contribution in [1.29, 1.82) is 5.26 Å². The number of nitrogens with one attached hydrogen (secondary N) is 2. The number of carbonyl (C=O) groups excluding carboxylic acids is 2. The van der Waals surface area contributed by atoms with Crippen molar-refractivity contribution in [2.75, 3.05) is 10.6 Å². The molecule has 3 aromatic carbocycles. The topological polar surface area (TPSA) is 85.2 Å². The van der Waals surface area contributed by atoms with Gasteiger partial charge in [-0.05, 0) is 98.9 Å². The van der Waals surface area contributed by atoms with Gasteiger partial charge in [-0.1, -0.05) is 49.6 Å². The van der Waals surface area contributed by atoms with E-state index in [4.69, 9.17) is 0 Å². The first-order valence-corrected chi connectivity index (χ1v) is 15.6. The van der Waals surface area contributed by atoms with E-state index in [0.29, 0.717) is 29.3 Å². The van der Waals surface area contributed by atoms with Gasteiger partial charge in [-0.15, -0.1) is 0 Å². The molecule has 2 saturated carbocycles. The van der Waals surface area contributed by atoms with Crippen molar-refractivity contribution in [3.63, 3.8) is 0 Å². The number of amides is 2. The molecule has 222 valence electrons. The second-order valence-electron chi connectivity index (χ2n) is 12.6. The number of nitriles is 1. The van der Waals surface area contributed by atoms with Crippen molar-refractivity contribution in [3.8, 4) is 6.07 Å². The average Bonchev–Trinajstić information content (AvgIpc) is 3.69. The number of halogens is 1. The first-order valence-electron chi connectivity index (χ1n) is 15.6. The molecule has 43 heavy (non-hydrogen) atoms. The summed E-state index contributed by atoms with van der Waals surface area (Å²) in [6.45, 7) is 3.63. The monoisotopic (exact) mass is 578 g/mol. The lowest BCUT2D eigenvalue weighted by Crippen LogP contribution is -2.54. The molecule has 2 aliphatic carbocycles. The molecule has 1 aliphatic heterocycles. The number of aryl methyl sites for hydroxylation is 2.